The van der Waals surface area contributed by atoms with Crippen LogP contribution in [-0.2, 0) is 4.79 Å². The highest BCUT2D eigenvalue weighted by molar-refractivity contribution is 6.35. The van der Waals surface area contributed by atoms with E-state index in [1.165, 1.54) is 0 Å². The van der Waals surface area contributed by atoms with Crippen LogP contribution in [0.25, 0.3) is 0 Å². The SMILES string of the molecule is O=C(CN[C@@H](c1ccccc1)c1ccco1)Nc1cc(Cl)ccc1Cl. The number of rotatable bonds is 6. The van der Waals surface area contributed by atoms with Gasteiger partial charge in [-0.25, -0.2) is 0 Å². The molecule has 25 heavy (non-hydrogen) atoms. The van der Waals surface area contributed by atoms with Crippen LogP contribution in [0.4, 0.5) is 5.69 Å². The number of anilines is 1. The van der Waals surface area contributed by atoms with Gasteiger partial charge < -0.3 is 9.73 Å². The molecule has 0 fully saturated rings. The van der Waals surface area contributed by atoms with E-state index in [0.29, 0.717) is 15.7 Å². The first-order valence-corrected chi connectivity index (χ1v) is 8.46. The number of furan rings is 1. The van der Waals surface area contributed by atoms with E-state index in [2.05, 4.69) is 10.6 Å². The predicted molar refractivity (Wildman–Crippen MR) is 100 cm³/mol. The van der Waals surface area contributed by atoms with Crippen LogP contribution in [0.1, 0.15) is 17.4 Å². The van der Waals surface area contributed by atoms with Gasteiger partial charge in [0.25, 0.3) is 0 Å². The lowest BCUT2D eigenvalue weighted by Gasteiger charge is -2.17. The maximum Gasteiger partial charge on any atom is 0.238 e. The average molecular weight is 375 g/mol. The van der Waals surface area contributed by atoms with Crippen molar-refractivity contribution in [3.63, 3.8) is 0 Å². The van der Waals surface area contributed by atoms with Gasteiger partial charge >= 0.3 is 0 Å². The van der Waals surface area contributed by atoms with Gasteiger partial charge in [-0.2, -0.15) is 0 Å². The van der Waals surface area contributed by atoms with Crippen LogP contribution in [0.15, 0.2) is 71.3 Å². The molecule has 2 aromatic carbocycles. The fraction of sp³-hybridized carbons (Fsp3) is 0.105. The molecule has 3 rings (SSSR count). The molecule has 1 amide bonds. The Morgan fingerprint density at radius 2 is 1.84 bits per heavy atom. The van der Waals surface area contributed by atoms with E-state index in [-0.39, 0.29) is 18.5 Å². The molecule has 0 aliphatic carbocycles. The molecule has 0 spiro atoms. The Morgan fingerprint density at radius 3 is 2.56 bits per heavy atom. The van der Waals surface area contributed by atoms with Crippen molar-refractivity contribution >= 4 is 34.8 Å². The molecule has 0 saturated carbocycles. The van der Waals surface area contributed by atoms with Gasteiger partial charge in [-0.1, -0.05) is 53.5 Å². The van der Waals surface area contributed by atoms with E-state index in [4.69, 9.17) is 27.6 Å². The Bertz CT molecular complexity index is 836. The smallest absolute Gasteiger partial charge is 0.238 e. The van der Waals surface area contributed by atoms with E-state index >= 15 is 0 Å². The Hall–Kier alpha value is -2.27. The minimum atomic E-state index is -0.225. The summed E-state index contributed by atoms with van der Waals surface area (Å²) in [5.41, 5.74) is 1.49. The van der Waals surface area contributed by atoms with Crippen molar-refractivity contribution in [1.82, 2.24) is 5.32 Å². The number of hydrogen-bond donors (Lipinski definition) is 2. The average Bonchev–Trinajstić information content (AvgIpc) is 3.14. The molecule has 6 heteroatoms. The lowest BCUT2D eigenvalue weighted by molar-refractivity contribution is -0.115. The highest BCUT2D eigenvalue weighted by Crippen LogP contribution is 2.25. The molecule has 3 aromatic rings. The van der Waals surface area contributed by atoms with Crippen LogP contribution < -0.4 is 10.6 Å². The Morgan fingerprint density at radius 1 is 1.04 bits per heavy atom. The summed E-state index contributed by atoms with van der Waals surface area (Å²) in [6.07, 6.45) is 1.61. The maximum atomic E-state index is 12.3. The summed E-state index contributed by atoms with van der Waals surface area (Å²) in [4.78, 5) is 12.3. The van der Waals surface area contributed by atoms with E-state index in [9.17, 15) is 4.79 Å². The third kappa shape index (κ3) is 4.63. The molecule has 0 aliphatic rings. The van der Waals surface area contributed by atoms with Crippen LogP contribution in [0, 0.1) is 0 Å². The van der Waals surface area contributed by atoms with Crippen molar-refractivity contribution < 1.29 is 9.21 Å². The summed E-state index contributed by atoms with van der Waals surface area (Å²) < 4.78 is 5.50. The standard InChI is InChI=1S/C19H16Cl2N2O2/c20-14-8-9-15(21)16(11-14)23-18(24)12-22-19(17-7-4-10-25-17)13-5-2-1-3-6-13/h1-11,19,22H,12H2,(H,23,24)/t19-/m0/s1. The third-order valence-corrected chi connectivity index (χ3v) is 4.19. The van der Waals surface area contributed by atoms with Gasteiger partial charge in [0.15, 0.2) is 0 Å². The fourth-order valence-corrected chi connectivity index (χ4v) is 2.80. The first-order chi connectivity index (χ1) is 12.1. The summed E-state index contributed by atoms with van der Waals surface area (Å²) in [7, 11) is 0. The number of halogens is 2. The van der Waals surface area contributed by atoms with Crippen molar-refractivity contribution in [2.75, 3.05) is 11.9 Å². The first-order valence-electron chi connectivity index (χ1n) is 7.70. The van der Waals surface area contributed by atoms with Crippen LogP contribution >= 0.6 is 23.2 Å². The zero-order chi connectivity index (χ0) is 17.6. The van der Waals surface area contributed by atoms with Crippen molar-refractivity contribution in [3.05, 3.63) is 88.3 Å². The van der Waals surface area contributed by atoms with Crippen LogP contribution in [0.5, 0.6) is 0 Å². The van der Waals surface area contributed by atoms with Gasteiger partial charge in [-0.05, 0) is 35.9 Å². The fourth-order valence-electron chi connectivity index (χ4n) is 2.47. The normalized spacial score (nSPS) is 11.9. The van der Waals surface area contributed by atoms with Crippen molar-refractivity contribution in [2.24, 2.45) is 0 Å². The number of carbonyl (C=O) groups excluding carboxylic acids is 1. The van der Waals surface area contributed by atoms with Gasteiger partial charge in [-0.15, -0.1) is 0 Å². The van der Waals surface area contributed by atoms with Gasteiger partial charge in [-0.3, -0.25) is 10.1 Å². The molecule has 1 atom stereocenters. The Balaban J connectivity index is 1.69. The van der Waals surface area contributed by atoms with Crippen molar-refractivity contribution in [2.45, 2.75) is 6.04 Å². The Labute approximate surface area is 155 Å². The minimum absolute atomic E-state index is 0.0864. The molecule has 4 nitrogen and oxygen atoms in total. The summed E-state index contributed by atoms with van der Waals surface area (Å²) in [6.45, 7) is 0.0864. The number of benzene rings is 2. The van der Waals surface area contributed by atoms with Crippen LogP contribution in [0.2, 0.25) is 10.0 Å². The number of carbonyl (C=O) groups is 1. The molecule has 1 aromatic heterocycles. The second kappa shape index (κ2) is 8.21. The monoisotopic (exact) mass is 374 g/mol. The molecule has 0 bridgehead atoms. The van der Waals surface area contributed by atoms with E-state index in [0.717, 1.165) is 11.3 Å². The lowest BCUT2D eigenvalue weighted by atomic mass is 10.0. The molecular formula is C19H16Cl2N2O2. The largest absolute Gasteiger partial charge is 0.467 e. The molecule has 128 valence electrons. The lowest BCUT2D eigenvalue weighted by Crippen LogP contribution is -2.31. The summed E-state index contributed by atoms with van der Waals surface area (Å²) >= 11 is 12.0. The summed E-state index contributed by atoms with van der Waals surface area (Å²) in [5, 5.41) is 6.90. The van der Waals surface area contributed by atoms with E-state index < -0.39 is 0 Å². The van der Waals surface area contributed by atoms with Gasteiger partial charge in [0.2, 0.25) is 5.91 Å². The summed E-state index contributed by atoms with van der Waals surface area (Å²) in [6, 6.07) is 18.2. The molecular weight excluding hydrogens is 359 g/mol. The number of hydrogen-bond acceptors (Lipinski definition) is 3. The van der Waals surface area contributed by atoms with Crippen molar-refractivity contribution in [1.29, 1.82) is 0 Å². The molecule has 0 saturated heterocycles. The highest BCUT2D eigenvalue weighted by Gasteiger charge is 2.17. The minimum Gasteiger partial charge on any atom is -0.467 e. The van der Waals surface area contributed by atoms with Gasteiger partial charge in [0.1, 0.15) is 5.76 Å². The van der Waals surface area contributed by atoms with E-state index in [1.54, 1.807) is 24.5 Å². The molecule has 1 heterocycles. The third-order valence-electron chi connectivity index (χ3n) is 3.63. The molecule has 2 N–H and O–H groups in total. The number of amides is 1. The van der Waals surface area contributed by atoms with E-state index in [1.807, 2.05) is 42.5 Å². The summed E-state index contributed by atoms with van der Waals surface area (Å²) in [5.74, 6) is 0.511. The molecule has 0 radical (unpaired) electrons. The highest BCUT2D eigenvalue weighted by atomic mass is 35.5. The van der Waals surface area contributed by atoms with Gasteiger partial charge in [0, 0.05) is 5.02 Å². The number of nitrogens with one attached hydrogen (secondary N) is 2. The second-order valence-electron chi connectivity index (χ2n) is 5.41. The maximum absolute atomic E-state index is 12.3. The zero-order valence-electron chi connectivity index (χ0n) is 13.2. The predicted octanol–water partition coefficient (Wildman–Crippen LogP) is 4.90. The molecule has 0 aliphatic heterocycles. The topological polar surface area (TPSA) is 54.3 Å². The first kappa shape index (κ1) is 17.5. The molecule has 0 unspecified atom stereocenters. The Kier molecular flexibility index (Phi) is 5.76. The van der Waals surface area contributed by atoms with Gasteiger partial charge in [0.05, 0.1) is 29.6 Å². The van der Waals surface area contributed by atoms with Crippen LogP contribution in [0.3, 0.4) is 0 Å². The quantitative estimate of drug-likeness (QED) is 0.644. The van der Waals surface area contributed by atoms with Crippen molar-refractivity contribution in [3.8, 4) is 0 Å². The zero-order valence-corrected chi connectivity index (χ0v) is 14.7. The second-order valence-corrected chi connectivity index (χ2v) is 6.26. The van der Waals surface area contributed by atoms with Crippen LogP contribution in [-0.4, -0.2) is 12.5 Å².